The second-order valence-electron chi connectivity index (χ2n) is 5.22. The smallest absolute Gasteiger partial charge is 0.254 e. The predicted octanol–water partition coefficient (Wildman–Crippen LogP) is 2.56. The highest BCUT2D eigenvalue weighted by Crippen LogP contribution is 2.25. The standard InChI is InChI=1S/C15H21NO2S/c1-10-4-5-13(19-3)8-14(10)15(18)16-7-6-12(9-16)11(2)17/h4-5,8,11-12,17H,6-7,9H2,1-3H3. The number of aliphatic hydroxyl groups excluding tert-OH is 1. The zero-order valence-electron chi connectivity index (χ0n) is 11.7. The lowest BCUT2D eigenvalue weighted by Crippen LogP contribution is -2.30. The highest BCUT2D eigenvalue weighted by atomic mass is 32.2. The van der Waals surface area contributed by atoms with E-state index in [1.807, 2.05) is 36.3 Å². The van der Waals surface area contributed by atoms with E-state index in [0.717, 1.165) is 29.0 Å². The van der Waals surface area contributed by atoms with E-state index in [-0.39, 0.29) is 17.9 Å². The Hall–Kier alpha value is -1.00. The van der Waals surface area contributed by atoms with Crippen LogP contribution in [0.3, 0.4) is 0 Å². The fourth-order valence-corrected chi connectivity index (χ4v) is 2.93. The number of hydrogen-bond acceptors (Lipinski definition) is 3. The fourth-order valence-electron chi connectivity index (χ4n) is 2.49. The number of aliphatic hydroxyl groups is 1. The maximum absolute atomic E-state index is 12.5. The molecule has 0 saturated carbocycles. The minimum absolute atomic E-state index is 0.0940. The van der Waals surface area contributed by atoms with E-state index in [0.29, 0.717) is 6.54 Å². The molecule has 3 nitrogen and oxygen atoms in total. The maximum Gasteiger partial charge on any atom is 0.254 e. The molecular formula is C15H21NO2S. The highest BCUT2D eigenvalue weighted by Gasteiger charge is 2.30. The lowest BCUT2D eigenvalue weighted by atomic mass is 10.0. The molecule has 0 bridgehead atoms. The largest absolute Gasteiger partial charge is 0.393 e. The van der Waals surface area contributed by atoms with Gasteiger partial charge in [0.05, 0.1) is 6.10 Å². The second kappa shape index (κ2) is 5.97. The molecule has 19 heavy (non-hydrogen) atoms. The summed E-state index contributed by atoms with van der Waals surface area (Å²) < 4.78 is 0. The predicted molar refractivity (Wildman–Crippen MR) is 78.7 cm³/mol. The number of likely N-dealkylation sites (tertiary alicyclic amines) is 1. The van der Waals surface area contributed by atoms with Crippen LogP contribution in [0, 0.1) is 12.8 Å². The van der Waals surface area contributed by atoms with Crippen LogP contribution in [0.15, 0.2) is 23.1 Å². The molecule has 1 N–H and O–H groups in total. The molecular weight excluding hydrogens is 258 g/mol. The first-order chi connectivity index (χ1) is 9.02. The normalized spacial score (nSPS) is 20.6. The average Bonchev–Trinajstić information content (AvgIpc) is 2.88. The monoisotopic (exact) mass is 279 g/mol. The van der Waals surface area contributed by atoms with Crippen molar-refractivity contribution in [2.45, 2.75) is 31.3 Å². The number of thioether (sulfide) groups is 1. The van der Waals surface area contributed by atoms with Crippen LogP contribution in [0.5, 0.6) is 0 Å². The van der Waals surface area contributed by atoms with Crippen LogP contribution in [-0.4, -0.2) is 41.4 Å². The van der Waals surface area contributed by atoms with Crippen molar-refractivity contribution in [3.8, 4) is 0 Å². The summed E-state index contributed by atoms with van der Waals surface area (Å²) in [6.07, 6.45) is 2.57. The van der Waals surface area contributed by atoms with Crippen molar-refractivity contribution in [2.24, 2.45) is 5.92 Å². The minimum Gasteiger partial charge on any atom is -0.393 e. The van der Waals surface area contributed by atoms with Crippen molar-refractivity contribution < 1.29 is 9.90 Å². The van der Waals surface area contributed by atoms with Crippen LogP contribution in [-0.2, 0) is 0 Å². The summed E-state index contributed by atoms with van der Waals surface area (Å²) in [5, 5.41) is 9.62. The van der Waals surface area contributed by atoms with Gasteiger partial charge in [0.15, 0.2) is 0 Å². The van der Waals surface area contributed by atoms with Gasteiger partial charge in [0, 0.05) is 29.5 Å². The van der Waals surface area contributed by atoms with Gasteiger partial charge in [-0.2, -0.15) is 0 Å². The summed E-state index contributed by atoms with van der Waals surface area (Å²) in [6.45, 7) is 5.19. The third-order valence-electron chi connectivity index (χ3n) is 3.87. The van der Waals surface area contributed by atoms with Gasteiger partial charge in [-0.3, -0.25) is 4.79 Å². The Morgan fingerprint density at radius 2 is 2.26 bits per heavy atom. The van der Waals surface area contributed by atoms with Crippen molar-refractivity contribution in [1.82, 2.24) is 4.90 Å². The van der Waals surface area contributed by atoms with Gasteiger partial charge in [0.25, 0.3) is 5.91 Å². The van der Waals surface area contributed by atoms with Crippen molar-refractivity contribution in [3.05, 3.63) is 29.3 Å². The Morgan fingerprint density at radius 1 is 1.53 bits per heavy atom. The van der Waals surface area contributed by atoms with E-state index >= 15 is 0 Å². The minimum atomic E-state index is -0.337. The van der Waals surface area contributed by atoms with Crippen molar-refractivity contribution >= 4 is 17.7 Å². The third kappa shape index (κ3) is 3.12. The van der Waals surface area contributed by atoms with Gasteiger partial charge in [-0.1, -0.05) is 6.07 Å². The van der Waals surface area contributed by atoms with Crippen LogP contribution in [0.25, 0.3) is 0 Å². The molecule has 1 fully saturated rings. The molecule has 1 heterocycles. The van der Waals surface area contributed by atoms with E-state index in [4.69, 9.17) is 0 Å². The molecule has 1 aliphatic rings. The summed E-state index contributed by atoms with van der Waals surface area (Å²) in [5.41, 5.74) is 1.81. The van der Waals surface area contributed by atoms with E-state index in [1.165, 1.54) is 0 Å². The molecule has 2 atom stereocenters. The van der Waals surface area contributed by atoms with Gasteiger partial charge in [0.1, 0.15) is 0 Å². The lowest BCUT2D eigenvalue weighted by molar-refractivity contribution is 0.0761. The van der Waals surface area contributed by atoms with Gasteiger partial charge in [-0.05, 0) is 44.2 Å². The third-order valence-corrected chi connectivity index (χ3v) is 4.59. The number of hydrogen-bond donors (Lipinski definition) is 1. The Balaban J connectivity index is 2.16. The van der Waals surface area contributed by atoms with Gasteiger partial charge < -0.3 is 10.0 Å². The van der Waals surface area contributed by atoms with Crippen molar-refractivity contribution in [1.29, 1.82) is 0 Å². The van der Waals surface area contributed by atoms with Crippen LogP contribution < -0.4 is 0 Å². The van der Waals surface area contributed by atoms with Crippen molar-refractivity contribution in [2.75, 3.05) is 19.3 Å². The fraction of sp³-hybridized carbons (Fsp3) is 0.533. The van der Waals surface area contributed by atoms with Gasteiger partial charge in [-0.15, -0.1) is 11.8 Å². The molecule has 104 valence electrons. The van der Waals surface area contributed by atoms with Crippen LogP contribution in [0.2, 0.25) is 0 Å². The molecule has 0 aromatic heterocycles. The first-order valence-corrected chi connectivity index (χ1v) is 7.87. The summed E-state index contributed by atoms with van der Waals surface area (Å²) in [4.78, 5) is 15.5. The van der Waals surface area contributed by atoms with E-state index < -0.39 is 0 Å². The SMILES string of the molecule is CSc1ccc(C)c(C(=O)N2CCC(C(C)O)C2)c1. The number of aryl methyl sites for hydroxylation is 1. The molecule has 0 aliphatic carbocycles. The Kier molecular flexibility index (Phi) is 4.53. The number of amides is 1. The lowest BCUT2D eigenvalue weighted by Gasteiger charge is -2.19. The number of rotatable bonds is 3. The first kappa shape index (κ1) is 14.4. The number of benzene rings is 1. The molecule has 1 aromatic rings. The molecule has 1 aliphatic heterocycles. The van der Waals surface area contributed by atoms with E-state index in [9.17, 15) is 9.90 Å². The van der Waals surface area contributed by atoms with Crippen LogP contribution >= 0.6 is 11.8 Å². The molecule has 2 rings (SSSR count). The summed E-state index contributed by atoms with van der Waals surface area (Å²) in [5.74, 6) is 0.310. The summed E-state index contributed by atoms with van der Waals surface area (Å²) in [6, 6.07) is 6.01. The Labute approximate surface area is 119 Å². The molecule has 2 unspecified atom stereocenters. The van der Waals surface area contributed by atoms with E-state index in [1.54, 1.807) is 18.7 Å². The molecule has 1 saturated heterocycles. The van der Waals surface area contributed by atoms with Crippen LogP contribution in [0.1, 0.15) is 29.3 Å². The number of carbonyl (C=O) groups excluding carboxylic acids is 1. The van der Waals surface area contributed by atoms with Gasteiger partial charge in [0.2, 0.25) is 0 Å². The summed E-state index contributed by atoms with van der Waals surface area (Å²) in [7, 11) is 0. The molecule has 0 radical (unpaired) electrons. The molecule has 4 heteroatoms. The van der Waals surface area contributed by atoms with Crippen molar-refractivity contribution in [3.63, 3.8) is 0 Å². The number of carbonyl (C=O) groups is 1. The van der Waals surface area contributed by atoms with Gasteiger partial charge in [-0.25, -0.2) is 0 Å². The quantitative estimate of drug-likeness (QED) is 0.865. The number of nitrogens with zero attached hydrogens (tertiary/aromatic N) is 1. The highest BCUT2D eigenvalue weighted by molar-refractivity contribution is 7.98. The zero-order valence-corrected chi connectivity index (χ0v) is 12.5. The first-order valence-electron chi connectivity index (χ1n) is 6.65. The summed E-state index contributed by atoms with van der Waals surface area (Å²) >= 11 is 1.65. The topological polar surface area (TPSA) is 40.5 Å². The Morgan fingerprint density at radius 3 is 2.84 bits per heavy atom. The Bertz CT molecular complexity index is 473. The van der Waals surface area contributed by atoms with E-state index in [2.05, 4.69) is 0 Å². The molecule has 0 spiro atoms. The molecule has 1 amide bonds. The second-order valence-corrected chi connectivity index (χ2v) is 6.10. The molecule has 1 aromatic carbocycles. The van der Waals surface area contributed by atoms with Crippen LogP contribution in [0.4, 0.5) is 0 Å². The maximum atomic E-state index is 12.5. The van der Waals surface area contributed by atoms with Gasteiger partial charge >= 0.3 is 0 Å². The zero-order chi connectivity index (χ0) is 14.0. The average molecular weight is 279 g/mol.